The molecule has 0 saturated heterocycles. The second-order valence-electron chi connectivity index (χ2n) is 4.82. The van der Waals surface area contributed by atoms with Gasteiger partial charge in [0.1, 0.15) is 11.6 Å². The zero-order valence-electron chi connectivity index (χ0n) is 11.3. The maximum Gasteiger partial charge on any atom is 0.141 e. The quantitative estimate of drug-likeness (QED) is 0.787. The topological polar surface area (TPSA) is 53.6 Å². The molecule has 0 amide bonds. The molecule has 0 aliphatic rings. The fourth-order valence-electron chi connectivity index (χ4n) is 1.80. The molecular formula is C14H19FN4. The fraction of sp³-hybridized carbons (Fsp3) is 0.429. The van der Waals surface area contributed by atoms with Gasteiger partial charge in [-0.3, -0.25) is 4.98 Å². The third kappa shape index (κ3) is 4.13. The molecule has 0 spiro atoms. The Morgan fingerprint density at radius 2 is 2.11 bits per heavy atom. The molecule has 2 aromatic rings. The lowest BCUT2D eigenvalue weighted by Gasteiger charge is -2.06. The molecule has 102 valence electrons. The largest absolute Gasteiger partial charge is 0.341 e. The number of halogens is 1. The van der Waals surface area contributed by atoms with Crippen LogP contribution in [-0.2, 0) is 6.42 Å². The zero-order chi connectivity index (χ0) is 13.7. The fourth-order valence-corrected chi connectivity index (χ4v) is 1.80. The van der Waals surface area contributed by atoms with Crippen LogP contribution in [0.3, 0.4) is 0 Å². The number of pyridine rings is 1. The minimum atomic E-state index is -0.330. The van der Waals surface area contributed by atoms with Gasteiger partial charge in [-0.15, -0.1) is 0 Å². The van der Waals surface area contributed by atoms with Crippen molar-refractivity contribution in [1.29, 1.82) is 0 Å². The van der Waals surface area contributed by atoms with Crippen molar-refractivity contribution < 1.29 is 4.39 Å². The van der Waals surface area contributed by atoms with Crippen molar-refractivity contribution in [2.45, 2.75) is 32.7 Å². The van der Waals surface area contributed by atoms with E-state index in [1.165, 1.54) is 12.3 Å². The summed E-state index contributed by atoms with van der Waals surface area (Å²) in [6, 6.07) is 3.55. The van der Waals surface area contributed by atoms with E-state index >= 15 is 0 Å². The monoisotopic (exact) mass is 262 g/mol. The summed E-state index contributed by atoms with van der Waals surface area (Å²) in [4.78, 5) is 11.6. The Kier molecular flexibility index (Phi) is 4.63. The van der Waals surface area contributed by atoms with E-state index in [0.29, 0.717) is 11.7 Å². The summed E-state index contributed by atoms with van der Waals surface area (Å²) in [6.45, 7) is 5.24. The second-order valence-corrected chi connectivity index (χ2v) is 4.82. The van der Waals surface area contributed by atoms with Gasteiger partial charge in [0.25, 0.3) is 0 Å². The lowest BCUT2D eigenvalue weighted by Crippen LogP contribution is -2.24. The Hall–Kier alpha value is -1.75. The Morgan fingerprint density at radius 1 is 1.26 bits per heavy atom. The smallest absolute Gasteiger partial charge is 0.141 e. The molecule has 0 aromatic carbocycles. The molecule has 0 aliphatic heterocycles. The van der Waals surface area contributed by atoms with Gasteiger partial charge in [0.2, 0.25) is 0 Å². The van der Waals surface area contributed by atoms with E-state index in [1.54, 1.807) is 12.3 Å². The van der Waals surface area contributed by atoms with Crippen LogP contribution in [0.15, 0.2) is 24.5 Å². The lowest BCUT2D eigenvalue weighted by molar-refractivity contribution is 0.567. The molecule has 0 atom stereocenters. The summed E-state index contributed by atoms with van der Waals surface area (Å²) < 4.78 is 12.8. The highest BCUT2D eigenvalue weighted by Gasteiger charge is 2.04. The number of nitrogens with zero attached hydrogens (tertiary/aromatic N) is 2. The SMILES string of the molecule is CC(C)NCCCc1ncc(-c2ccc(F)cn2)[nH]1. The Labute approximate surface area is 112 Å². The molecule has 4 nitrogen and oxygen atoms in total. The van der Waals surface area contributed by atoms with E-state index in [2.05, 4.69) is 34.1 Å². The van der Waals surface area contributed by atoms with Crippen LogP contribution in [0.25, 0.3) is 11.4 Å². The van der Waals surface area contributed by atoms with Crippen molar-refractivity contribution in [2.24, 2.45) is 0 Å². The number of rotatable bonds is 6. The summed E-state index contributed by atoms with van der Waals surface area (Å²) in [7, 11) is 0. The van der Waals surface area contributed by atoms with Crippen LogP contribution in [0.1, 0.15) is 26.1 Å². The molecule has 5 heteroatoms. The van der Waals surface area contributed by atoms with Crippen molar-refractivity contribution >= 4 is 0 Å². The van der Waals surface area contributed by atoms with Crippen molar-refractivity contribution in [3.63, 3.8) is 0 Å². The average Bonchev–Trinajstić information content (AvgIpc) is 2.84. The molecule has 0 fully saturated rings. The van der Waals surface area contributed by atoms with Crippen LogP contribution in [0.4, 0.5) is 4.39 Å². The van der Waals surface area contributed by atoms with Gasteiger partial charge >= 0.3 is 0 Å². The zero-order valence-corrected chi connectivity index (χ0v) is 11.3. The second kappa shape index (κ2) is 6.43. The van der Waals surface area contributed by atoms with E-state index < -0.39 is 0 Å². The number of aryl methyl sites for hydroxylation is 1. The van der Waals surface area contributed by atoms with Gasteiger partial charge in [-0.25, -0.2) is 9.37 Å². The van der Waals surface area contributed by atoms with E-state index in [9.17, 15) is 4.39 Å². The molecule has 0 saturated carbocycles. The van der Waals surface area contributed by atoms with Crippen molar-refractivity contribution in [3.05, 3.63) is 36.2 Å². The molecule has 0 bridgehead atoms. The first kappa shape index (κ1) is 13.7. The predicted molar refractivity (Wildman–Crippen MR) is 73.2 cm³/mol. The summed E-state index contributed by atoms with van der Waals surface area (Å²) in [5.74, 6) is 0.606. The summed E-state index contributed by atoms with van der Waals surface area (Å²) in [5.41, 5.74) is 1.53. The Morgan fingerprint density at radius 3 is 2.79 bits per heavy atom. The van der Waals surface area contributed by atoms with Gasteiger partial charge in [-0.05, 0) is 25.1 Å². The first-order valence-electron chi connectivity index (χ1n) is 6.54. The Bertz CT molecular complexity index is 504. The molecule has 0 unspecified atom stereocenters. The third-order valence-corrected chi connectivity index (χ3v) is 2.77. The minimum absolute atomic E-state index is 0.330. The van der Waals surface area contributed by atoms with Crippen LogP contribution < -0.4 is 5.32 Å². The van der Waals surface area contributed by atoms with Crippen molar-refractivity contribution in [1.82, 2.24) is 20.3 Å². The first-order valence-corrected chi connectivity index (χ1v) is 6.54. The van der Waals surface area contributed by atoms with E-state index in [1.807, 2.05) is 0 Å². The third-order valence-electron chi connectivity index (χ3n) is 2.77. The van der Waals surface area contributed by atoms with Gasteiger partial charge in [0, 0.05) is 12.5 Å². The molecule has 19 heavy (non-hydrogen) atoms. The molecule has 0 radical (unpaired) electrons. The maximum atomic E-state index is 12.8. The van der Waals surface area contributed by atoms with E-state index in [4.69, 9.17) is 0 Å². The van der Waals surface area contributed by atoms with Crippen molar-refractivity contribution in [2.75, 3.05) is 6.54 Å². The van der Waals surface area contributed by atoms with Crippen LogP contribution in [-0.4, -0.2) is 27.5 Å². The van der Waals surface area contributed by atoms with Crippen molar-refractivity contribution in [3.8, 4) is 11.4 Å². The molecular weight excluding hydrogens is 243 g/mol. The highest BCUT2D eigenvalue weighted by molar-refractivity contribution is 5.52. The highest BCUT2D eigenvalue weighted by Crippen LogP contribution is 2.14. The van der Waals surface area contributed by atoms with Crippen LogP contribution in [0.5, 0.6) is 0 Å². The van der Waals surface area contributed by atoms with E-state index in [-0.39, 0.29) is 5.82 Å². The number of aromatic nitrogens is 3. The number of hydrogen-bond donors (Lipinski definition) is 2. The number of hydrogen-bond acceptors (Lipinski definition) is 3. The summed E-state index contributed by atoms with van der Waals surface area (Å²) in [5, 5.41) is 3.36. The summed E-state index contributed by atoms with van der Waals surface area (Å²) >= 11 is 0. The molecule has 2 rings (SSSR count). The predicted octanol–water partition coefficient (Wildman–Crippen LogP) is 2.54. The van der Waals surface area contributed by atoms with E-state index in [0.717, 1.165) is 30.9 Å². The number of aromatic amines is 1. The minimum Gasteiger partial charge on any atom is -0.341 e. The lowest BCUT2D eigenvalue weighted by atomic mass is 10.2. The molecule has 2 N–H and O–H groups in total. The normalized spacial score (nSPS) is 11.2. The van der Waals surface area contributed by atoms with Crippen LogP contribution in [0, 0.1) is 5.82 Å². The highest BCUT2D eigenvalue weighted by atomic mass is 19.1. The first-order chi connectivity index (χ1) is 9.15. The standard InChI is InChI=1S/C14H19FN4/c1-10(2)16-7-3-4-14-18-9-13(19-14)12-6-5-11(15)8-17-12/h5-6,8-10,16H,3-4,7H2,1-2H3,(H,18,19). The average molecular weight is 262 g/mol. The van der Waals surface area contributed by atoms with Gasteiger partial charge < -0.3 is 10.3 Å². The molecule has 0 aliphatic carbocycles. The summed E-state index contributed by atoms with van der Waals surface area (Å²) in [6.07, 6.45) is 4.87. The van der Waals surface area contributed by atoms with Gasteiger partial charge in [0.05, 0.1) is 23.8 Å². The number of imidazole rings is 1. The number of nitrogens with one attached hydrogen (secondary N) is 2. The maximum absolute atomic E-state index is 12.8. The van der Waals surface area contributed by atoms with Gasteiger partial charge in [-0.1, -0.05) is 13.8 Å². The number of H-pyrrole nitrogens is 1. The van der Waals surface area contributed by atoms with Crippen LogP contribution in [0.2, 0.25) is 0 Å². The van der Waals surface area contributed by atoms with Crippen LogP contribution >= 0.6 is 0 Å². The molecule has 2 aromatic heterocycles. The van der Waals surface area contributed by atoms with Gasteiger partial charge in [0.15, 0.2) is 0 Å². The molecule has 2 heterocycles. The van der Waals surface area contributed by atoms with Gasteiger partial charge in [-0.2, -0.15) is 0 Å². The Balaban J connectivity index is 1.90.